The second kappa shape index (κ2) is 13.1. The van der Waals surface area contributed by atoms with E-state index in [4.69, 9.17) is 4.74 Å². The first kappa shape index (κ1) is 33.2. The molecule has 1 aliphatic heterocycles. The Labute approximate surface area is 240 Å². The molecule has 4 saturated carbocycles. The first-order valence-corrected chi connectivity index (χ1v) is 18.5. The fourth-order valence-electron chi connectivity index (χ4n) is 9.49. The number of thiol groups is 1. The van der Waals surface area contributed by atoms with E-state index in [1.807, 2.05) is 24.6 Å². The summed E-state index contributed by atoms with van der Waals surface area (Å²) in [5.41, 5.74) is 1.85. The van der Waals surface area contributed by atoms with Gasteiger partial charge in [-0.2, -0.15) is 12.6 Å². The van der Waals surface area contributed by atoms with Crippen LogP contribution in [0.5, 0.6) is 0 Å². The fourth-order valence-corrected chi connectivity index (χ4v) is 11.6. The Kier molecular flexibility index (Phi) is 12.1. The van der Waals surface area contributed by atoms with Gasteiger partial charge in [-0.15, -0.1) is 0 Å². The lowest BCUT2D eigenvalue weighted by atomic mass is 9.44. The molecule has 0 aromatic heterocycles. The van der Waals surface area contributed by atoms with E-state index in [1.165, 1.54) is 77.0 Å². The van der Waals surface area contributed by atoms with Crippen LogP contribution < -0.4 is 0 Å². The zero-order chi connectivity index (χ0) is 26.1. The zero-order valence-corrected chi connectivity index (χ0v) is 27.1. The number of epoxide rings is 1. The summed E-state index contributed by atoms with van der Waals surface area (Å²) in [4.78, 5) is 0. The normalized spacial score (nSPS) is 44.2. The predicted molar refractivity (Wildman–Crippen MR) is 171 cm³/mol. The summed E-state index contributed by atoms with van der Waals surface area (Å²) in [6.45, 7) is 16.6. The molecular formula is C32H62OS3. The van der Waals surface area contributed by atoms with Crippen molar-refractivity contribution in [1.82, 2.24) is 0 Å². The van der Waals surface area contributed by atoms with E-state index in [-0.39, 0.29) is 13.0 Å². The fraction of sp³-hybridized carbons (Fsp3) is 1.00. The Hall–Kier alpha value is 1.01. The number of hydrogen-bond acceptors (Lipinski definition) is 4. The van der Waals surface area contributed by atoms with Crippen molar-refractivity contribution >= 4 is 34.2 Å². The summed E-state index contributed by atoms with van der Waals surface area (Å²) in [7, 11) is 4.09. The monoisotopic (exact) mass is 558 g/mol. The molecule has 1 heterocycles. The van der Waals surface area contributed by atoms with E-state index in [9.17, 15) is 0 Å². The third kappa shape index (κ3) is 6.02. The molecule has 0 radical (unpaired) electrons. The number of ether oxygens (including phenoxy) is 1. The Morgan fingerprint density at radius 2 is 1.64 bits per heavy atom. The maximum absolute atomic E-state index is 6.74. The highest BCUT2D eigenvalue weighted by molar-refractivity contribution is 8.76. The van der Waals surface area contributed by atoms with Crippen molar-refractivity contribution in [2.75, 3.05) is 12.5 Å². The van der Waals surface area contributed by atoms with Gasteiger partial charge in [-0.3, -0.25) is 0 Å². The highest BCUT2D eigenvalue weighted by Crippen LogP contribution is 2.74. The molecule has 0 N–H and O–H groups in total. The highest BCUT2D eigenvalue weighted by atomic mass is 33.1. The van der Waals surface area contributed by atoms with Crippen molar-refractivity contribution in [1.29, 1.82) is 0 Å². The second-order valence-corrected chi connectivity index (χ2v) is 16.5. The molecule has 0 amide bonds. The van der Waals surface area contributed by atoms with E-state index in [2.05, 4.69) is 64.3 Å². The van der Waals surface area contributed by atoms with E-state index < -0.39 is 0 Å². The van der Waals surface area contributed by atoms with E-state index in [1.54, 1.807) is 6.26 Å². The van der Waals surface area contributed by atoms with E-state index >= 15 is 0 Å². The van der Waals surface area contributed by atoms with Crippen LogP contribution >= 0.6 is 34.2 Å². The molecule has 1 spiro atoms. The number of unbranched alkanes of at least 4 members (excludes halogenated alkanes) is 1. The lowest BCUT2D eigenvalue weighted by Gasteiger charge is -2.59. The average Bonchev–Trinajstić information content (AvgIpc) is 3.42. The summed E-state index contributed by atoms with van der Waals surface area (Å²) in [5, 5.41) is 0.822. The highest BCUT2D eigenvalue weighted by Gasteiger charge is 2.75. The van der Waals surface area contributed by atoms with Crippen LogP contribution in [-0.2, 0) is 4.74 Å². The third-order valence-electron chi connectivity index (χ3n) is 11.2. The molecule has 1 saturated heterocycles. The van der Waals surface area contributed by atoms with Gasteiger partial charge in [0.05, 0.1) is 6.10 Å². The number of hydrogen-bond donors (Lipinski definition) is 1. The van der Waals surface area contributed by atoms with Crippen molar-refractivity contribution in [3.8, 4) is 0 Å². The van der Waals surface area contributed by atoms with Crippen molar-refractivity contribution in [3.05, 3.63) is 0 Å². The van der Waals surface area contributed by atoms with Crippen LogP contribution in [0.15, 0.2) is 0 Å². The molecule has 36 heavy (non-hydrogen) atoms. The summed E-state index contributed by atoms with van der Waals surface area (Å²) < 4.78 is 6.74. The lowest BCUT2D eigenvalue weighted by Crippen LogP contribution is -2.58. The molecule has 0 bridgehead atoms. The molecule has 214 valence electrons. The minimum atomic E-state index is 0. The van der Waals surface area contributed by atoms with Crippen LogP contribution in [0, 0.1) is 39.9 Å². The molecule has 5 aliphatic rings. The van der Waals surface area contributed by atoms with Gasteiger partial charge in [0, 0.05) is 10.7 Å². The molecular weight excluding hydrogens is 497 g/mol. The summed E-state index contributed by atoms with van der Waals surface area (Å²) in [5.74, 6) is 3.86. The van der Waals surface area contributed by atoms with Crippen molar-refractivity contribution < 1.29 is 4.74 Å². The topological polar surface area (TPSA) is 12.5 Å². The van der Waals surface area contributed by atoms with Gasteiger partial charge in [-0.05, 0) is 111 Å². The van der Waals surface area contributed by atoms with Crippen LogP contribution in [0.1, 0.15) is 133 Å². The molecule has 9 unspecified atom stereocenters. The van der Waals surface area contributed by atoms with Crippen LogP contribution in [0.4, 0.5) is 0 Å². The average molecular weight is 559 g/mol. The van der Waals surface area contributed by atoms with Crippen molar-refractivity contribution in [3.63, 3.8) is 0 Å². The van der Waals surface area contributed by atoms with E-state index in [0.717, 1.165) is 28.9 Å². The Morgan fingerprint density at radius 3 is 2.28 bits per heavy atom. The van der Waals surface area contributed by atoms with Crippen LogP contribution in [0.2, 0.25) is 0 Å². The Balaban J connectivity index is 0.000000871. The molecule has 5 fully saturated rings. The Bertz CT molecular complexity index is 677. The van der Waals surface area contributed by atoms with Gasteiger partial charge in [-0.25, -0.2) is 0 Å². The first-order valence-electron chi connectivity index (χ1n) is 14.9. The molecule has 0 aromatic rings. The molecule has 1 nitrogen and oxygen atoms in total. The van der Waals surface area contributed by atoms with Crippen LogP contribution in [0.3, 0.4) is 0 Å². The summed E-state index contributed by atoms with van der Waals surface area (Å²) in [6.07, 6.45) is 21.9. The predicted octanol–water partition coefficient (Wildman–Crippen LogP) is 11.0. The molecule has 0 aromatic carbocycles. The summed E-state index contributed by atoms with van der Waals surface area (Å²) >= 11 is 3.53. The van der Waals surface area contributed by atoms with Gasteiger partial charge < -0.3 is 4.74 Å². The van der Waals surface area contributed by atoms with Gasteiger partial charge >= 0.3 is 0 Å². The maximum atomic E-state index is 6.74. The van der Waals surface area contributed by atoms with E-state index in [0.29, 0.717) is 22.3 Å². The SMILES string of the molecule is C.CC.CS.CSSC1CCC2(C)C3CCC4(C)C(CCCCC(C)(C)C)CCC4C3CC3OC32C1. The van der Waals surface area contributed by atoms with Gasteiger partial charge in [0.25, 0.3) is 0 Å². The zero-order valence-electron chi connectivity index (χ0n) is 24.6. The minimum Gasteiger partial charge on any atom is -0.365 e. The van der Waals surface area contributed by atoms with Gasteiger partial charge in [0.15, 0.2) is 0 Å². The van der Waals surface area contributed by atoms with Gasteiger partial charge in [0.2, 0.25) is 0 Å². The van der Waals surface area contributed by atoms with Gasteiger partial charge in [0.1, 0.15) is 5.60 Å². The Morgan fingerprint density at radius 1 is 0.944 bits per heavy atom. The number of fused-ring (bicyclic) bond motifs is 4. The smallest absolute Gasteiger partial charge is 0.101 e. The first-order chi connectivity index (χ1) is 16.6. The second-order valence-electron chi connectivity index (χ2n) is 13.8. The lowest BCUT2D eigenvalue weighted by molar-refractivity contribution is -0.0957. The van der Waals surface area contributed by atoms with Crippen molar-refractivity contribution in [2.45, 2.75) is 150 Å². The number of rotatable bonds is 6. The third-order valence-corrected chi connectivity index (χ3v) is 13.5. The van der Waals surface area contributed by atoms with Crippen LogP contribution in [-0.4, -0.2) is 29.5 Å². The molecule has 9 atom stereocenters. The largest absolute Gasteiger partial charge is 0.365 e. The van der Waals surface area contributed by atoms with Gasteiger partial charge in [-0.1, -0.05) is 90.3 Å². The summed E-state index contributed by atoms with van der Waals surface area (Å²) in [6, 6.07) is 0. The quantitative estimate of drug-likeness (QED) is 0.151. The molecule has 4 aliphatic carbocycles. The molecule has 5 rings (SSSR count). The standard InChI is InChI=1S/C28H48OS2.C2H6.CH4S.CH4/c1-25(2,3)14-8-7-9-19-10-11-22-21-17-24-28(29-24)18-20(31-30-6)12-16-27(28,5)23(21)13-15-26(19,22)4;2*1-2;/h19-24H,7-18H2,1-6H3;1-2H3;2H,1H3;1H4. The minimum absolute atomic E-state index is 0. The maximum Gasteiger partial charge on any atom is 0.101 e. The molecule has 4 heteroatoms. The van der Waals surface area contributed by atoms with Crippen molar-refractivity contribution in [2.24, 2.45) is 39.9 Å². The van der Waals surface area contributed by atoms with Crippen LogP contribution in [0.25, 0.3) is 0 Å².